The molecule has 4 rings (SSSR count). The molecule has 82 valence electrons. The molecule has 0 bridgehead atoms. The molecule has 0 atom stereocenters. The van der Waals surface area contributed by atoms with Crippen LogP contribution in [0.2, 0.25) is 0 Å². The van der Waals surface area contributed by atoms with E-state index in [1.807, 2.05) is 42.5 Å². The highest BCUT2D eigenvalue weighted by molar-refractivity contribution is 6.33. The van der Waals surface area contributed by atoms with E-state index < -0.39 is 0 Å². The van der Waals surface area contributed by atoms with E-state index in [1.54, 1.807) is 0 Å². The second-order valence-electron chi connectivity index (χ2n) is 4.39. The van der Waals surface area contributed by atoms with Crippen molar-refractivity contribution in [2.45, 2.75) is 0 Å². The van der Waals surface area contributed by atoms with E-state index in [1.165, 1.54) is 0 Å². The maximum atomic E-state index is 5.82. The van der Waals surface area contributed by atoms with Gasteiger partial charge in [0, 0.05) is 16.2 Å². The summed E-state index contributed by atoms with van der Waals surface area (Å²) in [5.41, 5.74) is 3.16. The first-order valence-corrected chi connectivity index (χ1v) is 5.79. The molecule has 0 aliphatic carbocycles. The summed E-state index contributed by atoms with van der Waals surface area (Å²) < 4.78 is 5.75. The summed E-state index contributed by atoms with van der Waals surface area (Å²) in [6.45, 7) is 0. The van der Waals surface area contributed by atoms with E-state index in [0.717, 1.165) is 32.7 Å². The molecule has 0 fully saturated rings. The number of hydrogen-bond acceptors (Lipinski definition) is 2. The maximum Gasteiger partial charge on any atom is 0.227 e. The van der Waals surface area contributed by atoms with Gasteiger partial charge in [0.25, 0.3) is 0 Å². The zero-order chi connectivity index (χ0) is 12.1. The molecule has 4 aromatic rings. The minimum absolute atomic E-state index is 0.661. The topological polar surface area (TPSA) is 26.0 Å². The van der Waals surface area contributed by atoms with Gasteiger partial charge in [0.15, 0.2) is 0 Å². The van der Waals surface area contributed by atoms with Gasteiger partial charge >= 0.3 is 0 Å². The number of rotatable bonds is 0. The summed E-state index contributed by atoms with van der Waals surface area (Å²) in [6.07, 6.45) is 0. The predicted molar refractivity (Wildman–Crippen MR) is 74.4 cm³/mol. The van der Waals surface area contributed by atoms with Crippen molar-refractivity contribution in [2.24, 2.45) is 0 Å². The number of para-hydroxylation sites is 1. The summed E-state index contributed by atoms with van der Waals surface area (Å²) in [4.78, 5) is 4.54. The average Bonchev–Trinajstić information content (AvgIpc) is 2.73. The van der Waals surface area contributed by atoms with Crippen LogP contribution in [0.15, 0.2) is 52.9 Å². The molecular formula is C15H8BNO. The van der Waals surface area contributed by atoms with Crippen LogP contribution >= 0.6 is 0 Å². The molecule has 0 aliphatic rings. The normalized spacial score (nSPS) is 11.6. The van der Waals surface area contributed by atoms with Gasteiger partial charge in [0.2, 0.25) is 5.71 Å². The third-order valence-electron chi connectivity index (χ3n) is 3.19. The fraction of sp³-hybridized carbons (Fsp3) is 0. The Kier molecular flexibility index (Phi) is 1.81. The van der Waals surface area contributed by atoms with Crippen LogP contribution in [0.5, 0.6) is 0 Å². The van der Waals surface area contributed by atoms with Gasteiger partial charge in [-0.2, -0.15) is 0 Å². The van der Waals surface area contributed by atoms with E-state index in [2.05, 4.69) is 11.1 Å². The van der Waals surface area contributed by atoms with E-state index in [4.69, 9.17) is 12.3 Å². The standard InChI is InChI=1S/C15H8BNO/c16-10-5-6-14-11(8-10)12-7-9-3-1-2-4-13(9)17-15(12)18-14/h1-8H. The van der Waals surface area contributed by atoms with E-state index in [9.17, 15) is 0 Å². The largest absolute Gasteiger partial charge is 0.438 e. The van der Waals surface area contributed by atoms with Gasteiger partial charge in [-0.3, -0.25) is 0 Å². The number of nitrogens with zero attached hydrogens (tertiary/aromatic N) is 1. The summed E-state index contributed by atoms with van der Waals surface area (Å²) >= 11 is 0. The Labute approximate surface area is 105 Å². The van der Waals surface area contributed by atoms with Crippen molar-refractivity contribution >= 4 is 46.3 Å². The lowest BCUT2D eigenvalue weighted by atomic mass is 9.94. The van der Waals surface area contributed by atoms with Gasteiger partial charge in [0.05, 0.1) is 5.52 Å². The van der Waals surface area contributed by atoms with Crippen LogP contribution in [-0.2, 0) is 0 Å². The number of hydrogen-bond donors (Lipinski definition) is 0. The average molecular weight is 229 g/mol. The zero-order valence-corrected chi connectivity index (χ0v) is 9.55. The van der Waals surface area contributed by atoms with Gasteiger partial charge in [-0.15, -0.1) is 0 Å². The van der Waals surface area contributed by atoms with E-state index in [0.29, 0.717) is 5.71 Å². The molecule has 18 heavy (non-hydrogen) atoms. The molecule has 0 spiro atoms. The van der Waals surface area contributed by atoms with Crippen LogP contribution in [0.25, 0.3) is 33.0 Å². The molecule has 0 N–H and O–H groups in total. The van der Waals surface area contributed by atoms with Crippen LogP contribution in [-0.4, -0.2) is 12.8 Å². The van der Waals surface area contributed by atoms with Crippen molar-refractivity contribution < 1.29 is 4.42 Å². The smallest absolute Gasteiger partial charge is 0.227 e. The van der Waals surface area contributed by atoms with Crippen LogP contribution in [0.4, 0.5) is 0 Å². The van der Waals surface area contributed by atoms with E-state index >= 15 is 0 Å². The lowest BCUT2D eigenvalue weighted by Crippen LogP contribution is -1.98. The fourth-order valence-electron chi connectivity index (χ4n) is 2.32. The van der Waals surface area contributed by atoms with Crippen molar-refractivity contribution in [2.75, 3.05) is 0 Å². The number of benzene rings is 2. The third-order valence-corrected chi connectivity index (χ3v) is 3.19. The van der Waals surface area contributed by atoms with Gasteiger partial charge < -0.3 is 4.42 Å². The number of furan rings is 1. The molecule has 0 unspecified atom stereocenters. The van der Waals surface area contributed by atoms with Gasteiger partial charge in [0.1, 0.15) is 13.4 Å². The molecule has 2 aromatic carbocycles. The molecule has 0 aliphatic heterocycles. The first-order valence-electron chi connectivity index (χ1n) is 5.79. The lowest BCUT2D eigenvalue weighted by molar-refractivity contribution is 0.656. The Bertz CT molecular complexity index is 895. The maximum absolute atomic E-state index is 5.82. The molecule has 0 saturated carbocycles. The van der Waals surface area contributed by atoms with Gasteiger partial charge in [-0.05, 0) is 18.2 Å². The molecule has 2 aromatic heterocycles. The Morgan fingerprint density at radius 2 is 1.83 bits per heavy atom. The van der Waals surface area contributed by atoms with Crippen molar-refractivity contribution in [3.63, 3.8) is 0 Å². The minimum atomic E-state index is 0.661. The second-order valence-corrected chi connectivity index (χ2v) is 4.39. The molecule has 0 saturated heterocycles. The van der Waals surface area contributed by atoms with E-state index in [-0.39, 0.29) is 0 Å². The van der Waals surface area contributed by atoms with Crippen molar-refractivity contribution in [3.8, 4) is 0 Å². The highest BCUT2D eigenvalue weighted by Crippen LogP contribution is 2.29. The monoisotopic (exact) mass is 229 g/mol. The number of fused-ring (bicyclic) bond motifs is 4. The summed E-state index contributed by atoms with van der Waals surface area (Å²) in [5, 5.41) is 3.13. The van der Waals surface area contributed by atoms with Gasteiger partial charge in [-0.1, -0.05) is 35.8 Å². The zero-order valence-electron chi connectivity index (χ0n) is 9.55. The van der Waals surface area contributed by atoms with Crippen molar-refractivity contribution in [1.29, 1.82) is 0 Å². The van der Waals surface area contributed by atoms with Crippen LogP contribution in [0.1, 0.15) is 0 Å². The first-order chi connectivity index (χ1) is 8.81. The Balaban J connectivity index is 2.25. The summed E-state index contributed by atoms with van der Waals surface area (Å²) in [6, 6.07) is 15.8. The van der Waals surface area contributed by atoms with Crippen molar-refractivity contribution in [3.05, 3.63) is 48.5 Å². The molecule has 3 heteroatoms. The predicted octanol–water partition coefficient (Wildman–Crippen LogP) is 2.93. The Hall–Kier alpha value is -2.29. The van der Waals surface area contributed by atoms with Gasteiger partial charge in [-0.25, -0.2) is 4.98 Å². The number of aromatic nitrogens is 1. The molecule has 2 heterocycles. The SMILES string of the molecule is [B]c1ccc2oc3nc4ccccc4cc3c2c1. The van der Waals surface area contributed by atoms with Crippen LogP contribution in [0, 0.1) is 0 Å². The summed E-state index contributed by atoms with van der Waals surface area (Å²) in [5.74, 6) is 0. The van der Waals surface area contributed by atoms with Crippen LogP contribution in [0.3, 0.4) is 0 Å². The Morgan fingerprint density at radius 3 is 2.78 bits per heavy atom. The highest BCUT2D eigenvalue weighted by Gasteiger charge is 2.09. The lowest BCUT2D eigenvalue weighted by Gasteiger charge is -1.96. The number of pyridine rings is 1. The molecule has 0 amide bonds. The fourth-order valence-corrected chi connectivity index (χ4v) is 2.32. The highest BCUT2D eigenvalue weighted by atomic mass is 16.3. The third kappa shape index (κ3) is 1.27. The minimum Gasteiger partial charge on any atom is -0.438 e. The molecular weight excluding hydrogens is 221 g/mol. The Morgan fingerprint density at radius 1 is 0.944 bits per heavy atom. The first kappa shape index (κ1) is 9.72. The molecule has 2 nitrogen and oxygen atoms in total. The summed E-state index contributed by atoms with van der Waals surface area (Å²) in [7, 11) is 5.82. The quantitative estimate of drug-likeness (QED) is 0.433. The van der Waals surface area contributed by atoms with Crippen LogP contribution < -0.4 is 5.46 Å². The second kappa shape index (κ2) is 3.36. The molecule has 2 radical (unpaired) electrons. The van der Waals surface area contributed by atoms with Crippen molar-refractivity contribution in [1.82, 2.24) is 4.98 Å².